The molecule has 1 rings (SSSR count). The van der Waals surface area contributed by atoms with Gasteiger partial charge in [-0.3, -0.25) is 4.79 Å². The molecule has 0 radical (unpaired) electrons. The summed E-state index contributed by atoms with van der Waals surface area (Å²) in [5.41, 5.74) is 0.619. The first-order valence-electron chi connectivity index (χ1n) is 4.51. The molecule has 0 amide bonds. The predicted octanol–water partition coefficient (Wildman–Crippen LogP) is 1.65. The molecule has 1 aromatic rings. The zero-order valence-electron chi connectivity index (χ0n) is 8.36. The van der Waals surface area contributed by atoms with E-state index in [0.29, 0.717) is 11.3 Å². The van der Waals surface area contributed by atoms with E-state index in [1.54, 1.807) is 31.2 Å². The van der Waals surface area contributed by atoms with Crippen LogP contribution in [-0.2, 0) is 0 Å². The van der Waals surface area contributed by atoms with Crippen molar-refractivity contribution in [1.82, 2.24) is 0 Å². The topological polar surface area (TPSA) is 46.5 Å². The number of benzene rings is 1. The maximum absolute atomic E-state index is 11.0. The third kappa shape index (κ3) is 3.18. The lowest BCUT2D eigenvalue weighted by molar-refractivity contribution is 0.101. The highest BCUT2D eigenvalue weighted by Crippen LogP contribution is 2.13. The first-order valence-corrected chi connectivity index (χ1v) is 4.51. The van der Waals surface area contributed by atoms with Gasteiger partial charge in [-0.1, -0.05) is 12.1 Å². The van der Waals surface area contributed by atoms with E-state index in [-0.39, 0.29) is 12.4 Å². The minimum Gasteiger partial charge on any atom is -0.491 e. The van der Waals surface area contributed by atoms with Gasteiger partial charge >= 0.3 is 0 Å². The maximum Gasteiger partial charge on any atom is 0.159 e. The summed E-state index contributed by atoms with van der Waals surface area (Å²) in [5, 5.41) is 9.00. The first kappa shape index (κ1) is 10.7. The van der Waals surface area contributed by atoms with Gasteiger partial charge in [-0.15, -0.1) is 0 Å². The van der Waals surface area contributed by atoms with Crippen LogP contribution >= 0.6 is 0 Å². The van der Waals surface area contributed by atoms with Gasteiger partial charge in [0.1, 0.15) is 12.4 Å². The summed E-state index contributed by atoms with van der Waals surface area (Å²) in [6.45, 7) is 3.39. The Morgan fingerprint density at radius 1 is 1.57 bits per heavy atom. The zero-order chi connectivity index (χ0) is 10.6. The number of carbonyl (C=O) groups excluding carboxylic acids is 1. The fourth-order valence-corrected chi connectivity index (χ4v) is 1.02. The SMILES string of the molecule is CC(=O)c1cccc(OCC(C)O)c1. The van der Waals surface area contributed by atoms with Crippen molar-refractivity contribution in [3.8, 4) is 5.75 Å². The van der Waals surface area contributed by atoms with Crippen molar-refractivity contribution in [2.45, 2.75) is 20.0 Å². The Bertz CT molecular complexity index is 318. The molecular formula is C11H14O3. The van der Waals surface area contributed by atoms with Gasteiger partial charge in [-0.05, 0) is 26.0 Å². The van der Waals surface area contributed by atoms with E-state index in [0.717, 1.165) is 0 Å². The van der Waals surface area contributed by atoms with Crippen molar-refractivity contribution in [3.05, 3.63) is 29.8 Å². The second-order valence-corrected chi connectivity index (χ2v) is 3.24. The van der Waals surface area contributed by atoms with Crippen molar-refractivity contribution in [2.75, 3.05) is 6.61 Å². The lowest BCUT2D eigenvalue weighted by Crippen LogP contribution is -2.12. The largest absolute Gasteiger partial charge is 0.491 e. The van der Waals surface area contributed by atoms with Crippen molar-refractivity contribution in [1.29, 1.82) is 0 Å². The van der Waals surface area contributed by atoms with E-state index in [1.165, 1.54) is 6.92 Å². The van der Waals surface area contributed by atoms with Gasteiger partial charge in [0.25, 0.3) is 0 Å². The second kappa shape index (κ2) is 4.77. The molecule has 0 fully saturated rings. The molecule has 0 saturated heterocycles. The molecule has 0 bridgehead atoms. The van der Waals surface area contributed by atoms with Gasteiger partial charge in [0, 0.05) is 5.56 Å². The molecule has 0 spiro atoms. The Kier molecular flexibility index (Phi) is 3.65. The number of Topliss-reactive ketones (excluding diaryl/α,β-unsaturated/α-hetero) is 1. The summed E-state index contributed by atoms with van der Waals surface area (Å²) < 4.78 is 5.26. The molecule has 14 heavy (non-hydrogen) atoms. The monoisotopic (exact) mass is 194 g/mol. The van der Waals surface area contributed by atoms with Crippen LogP contribution in [-0.4, -0.2) is 23.6 Å². The average molecular weight is 194 g/mol. The maximum atomic E-state index is 11.0. The summed E-state index contributed by atoms with van der Waals surface area (Å²) in [6.07, 6.45) is -0.504. The number of rotatable bonds is 4. The number of ketones is 1. The Labute approximate surface area is 83.3 Å². The van der Waals surface area contributed by atoms with Crippen LogP contribution in [0.5, 0.6) is 5.75 Å². The van der Waals surface area contributed by atoms with Gasteiger partial charge in [-0.25, -0.2) is 0 Å². The number of aliphatic hydroxyl groups excluding tert-OH is 1. The molecule has 3 nitrogen and oxygen atoms in total. The molecule has 0 aliphatic rings. The molecule has 3 heteroatoms. The molecule has 0 heterocycles. The smallest absolute Gasteiger partial charge is 0.159 e. The summed E-state index contributed by atoms with van der Waals surface area (Å²) in [5.74, 6) is 0.617. The van der Waals surface area contributed by atoms with E-state index in [1.807, 2.05) is 0 Å². The molecule has 0 aromatic heterocycles. The van der Waals surface area contributed by atoms with Gasteiger partial charge < -0.3 is 9.84 Å². The fourth-order valence-electron chi connectivity index (χ4n) is 1.02. The van der Waals surface area contributed by atoms with E-state index in [9.17, 15) is 4.79 Å². The number of hydrogen-bond donors (Lipinski definition) is 1. The molecule has 0 saturated carbocycles. The van der Waals surface area contributed by atoms with Crippen LogP contribution in [0.4, 0.5) is 0 Å². The highest BCUT2D eigenvalue weighted by atomic mass is 16.5. The van der Waals surface area contributed by atoms with Crippen LogP contribution in [0, 0.1) is 0 Å². The molecule has 1 unspecified atom stereocenters. The molecule has 1 atom stereocenters. The van der Waals surface area contributed by atoms with E-state index in [4.69, 9.17) is 9.84 Å². The molecular weight excluding hydrogens is 180 g/mol. The van der Waals surface area contributed by atoms with Gasteiger partial charge in [0.15, 0.2) is 5.78 Å². The fraction of sp³-hybridized carbons (Fsp3) is 0.364. The van der Waals surface area contributed by atoms with Crippen LogP contribution in [0.15, 0.2) is 24.3 Å². The lowest BCUT2D eigenvalue weighted by Gasteiger charge is -2.08. The van der Waals surface area contributed by atoms with Crippen molar-refractivity contribution in [3.63, 3.8) is 0 Å². The molecule has 0 aliphatic heterocycles. The minimum absolute atomic E-state index is 0.00694. The van der Waals surface area contributed by atoms with E-state index < -0.39 is 6.10 Å². The van der Waals surface area contributed by atoms with Crippen molar-refractivity contribution in [2.24, 2.45) is 0 Å². The van der Waals surface area contributed by atoms with Crippen LogP contribution in [0.2, 0.25) is 0 Å². The normalized spacial score (nSPS) is 12.2. The Morgan fingerprint density at radius 3 is 2.86 bits per heavy atom. The average Bonchev–Trinajstić information content (AvgIpc) is 2.15. The third-order valence-corrected chi connectivity index (χ3v) is 1.73. The highest BCUT2D eigenvalue weighted by molar-refractivity contribution is 5.94. The summed E-state index contributed by atoms with van der Waals surface area (Å²) in [4.78, 5) is 11.0. The van der Waals surface area contributed by atoms with Crippen LogP contribution in [0.25, 0.3) is 0 Å². The summed E-state index contributed by atoms with van der Waals surface area (Å²) >= 11 is 0. The second-order valence-electron chi connectivity index (χ2n) is 3.24. The molecule has 76 valence electrons. The number of hydrogen-bond acceptors (Lipinski definition) is 3. The van der Waals surface area contributed by atoms with Crippen LogP contribution in [0.1, 0.15) is 24.2 Å². The number of aliphatic hydroxyl groups is 1. The van der Waals surface area contributed by atoms with Crippen LogP contribution in [0.3, 0.4) is 0 Å². The van der Waals surface area contributed by atoms with Crippen molar-refractivity contribution >= 4 is 5.78 Å². The lowest BCUT2D eigenvalue weighted by atomic mass is 10.1. The highest BCUT2D eigenvalue weighted by Gasteiger charge is 2.02. The number of carbonyl (C=O) groups is 1. The Balaban J connectivity index is 2.69. The first-order chi connectivity index (χ1) is 6.59. The Morgan fingerprint density at radius 2 is 2.29 bits per heavy atom. The Hall–Kier alpha value is -1.35. The standard InChI is InChI=1S/C11H14O3/c1-8(12)7-14-11-5-3-4-10(6-11)9(2)13/h3-6,8,12H,7H2,1-2H3. The van der Waals surface area contributed by atoms with Crippen molar-refractivity contribution < 1.29 is 14.6 Å². The minimum atomic E-state index is -0.504. The summed E-state index contributed by atoms with van der Waals surface area (Å²) in [6, 6.07) is 6.92. The van der Waals surface area contributed by atoms with Gasteiger partial charge in [0.2, 0.25) is 0 Å². The van der Waals surface area contributed by atoms with Crippen LogP contribution < -0.4 is 4.74 Å². The molecule has 1 N–H and O–H groups in total. The van der Waals surface area contributed by atoms with Gasteiger partial charge in [0.05, 0.1) is 6.10 Å². The zero-order valence-corrected chi connectivity index (χ0v) is 8.36. The quantitative estimate of drug-likeness (QED) is 0.741. The number of ether oxygens (including phenoxy) is 1. The predicted molar refractivity (Wildman–Crippen MR) is 53.6 cm³/mol. The summed E-state index contributed by atoms with van der Waals surface area (Å²) in [7, 11) is 0. The third-order valence-electron chi connectivity index (χ3n) is 1.73. The molecule has 1 aromatic carbocycles. The van der Waals surface area contributed by atoms with E-state index in [2.05, 4.69) is 0 Å². The molecule has 0 aliphatic carbocycles. The van der Waals surface area contributed by atoms with Gasteiger partial charge in [-0.2, -0.15) is 0 Å². The van der Waals surface area contributed by atoms with E-state index >= 15 is 0 Å².